The summed E-state index contributed by atoms with van der Waals surface area (Å²) in [7, 11) is 0. The maximum atomic E-state index is 12.3. The molecule has 0 aliphatic heterocycles. The molecule has 62 valence electrons. The Kier molecular flexibility index (Phi) is 5.12. The van der Waals surface area contributed by atoms with E-state index in [-0.39, 0.29) is 5.82 Å². The molecule has 0 atom stereocenters. The predicted octanol–water partition coefficient (Wildman–Crippen LogP) is 3.92. The molecule has 0 fully saturated rings. The molecular weight excluding hydrogens is 207 g/mol. The van der Waals surface area contributed by atoms with Crippen molar-refractivity contribution in [1.29, 1.82) is 0 Å². The lowest BCUT2D eigenvalue weighted by Crippen LogP contribution is -1.76. The Morgan fingerprint density at radius 3 is 2.18 bits per heavy atom. The smallest absolute Gasteiger partial charge is 0.124 e. The zero-order valence-corrected chi connectivity index (χ0v) is 8.57. The Labute approximate surface area is 75.6 Å². The molecule has 0 aromatic heterocycles. The molecule has 0 bridgehead atoms. The van der Waals surface area contributed by atoms with Crippen LogP contribution in [-0.4, -0.2) is 0 Å². The number of hydrogen-bond donors (Lipinski definition) is 0. The average molecular weight is 219 g/mol. The number of hydrogen-bond acceptors (Lipinski definition) is 0. The summed E-state index contributed by atoms with van der Waals surface area (Å²) in [5, 5.41) is 0. The van der Waals surface area contributed by atoms with E-state index in [0.29, 0.717) is 0 Å². The fourth-order valence-corrected chi connectivity index (χ4v) is 0.918. The minimum atomic E-state index is -0.201. The van der Waals surface area contributed by atoms with Crippen LogP contribution in [0.15, 0.2) is 22.7 Å². The Morgan fingerprint density at radius 2 is 1.82 bits per heavy atom. The second-order valence-corrected chi connectivity index (χ2v) is 2.75. The van der Waals surface area contributed by atoms with E-state index in [9.17, 15) is 4.39 Å². The highest BCUT2D eigenvalue weighted by Gasteiger charge is 1.93. The fraction of sp³-hybridized carbons (Fsp3) is 0.333. The summed E-state index contributed by atoms with van der Waals surface area (Å²) in [6, 6.07) is 4.63. The van der Waals surface area contributed by atoms with Gasteiger partial charge in [-0.25, -0.2) is 4.39 Å². The minimum Gasteiger partial charge on any atom is -0.207 e. The normalized spacial score (nSPS) is 8.45. The molecule has 1 rings (SSSR count). The molecule has 0 unspecified atom stereocenters. The maximum Gasteiger partial charge on any atom is 0.124 e. The van der Waals surface area contributed by atoms with Gasteiger partial charge >= 0.3 is 0 Å². The largest absolute Gasteiger partial charge is 0.207 e. The number of aryl methyl sites for hydroxylation is 1. The van der Waals surface area contributed by atoms with Gasteiger partial charge in [0.25, 0.3) is 0 Å². The third-order valence-electron chi connectivity index (χ3n) is 1.13. The Hall–Kier alpha value is -0.370. The van der Waals surface area contributed by atoms with E-state index in [1.165, 1.54) is 12.1 Å². The summed E-state index contributed by atoms with van der Waals surface area (Å²) in [4.78, 5) is 0. The first-order valence-corrected chi connectivity index (χ1v) is 4.41. The van der Waals surface area contributed by atoms with E-state index in [2.05, 4.69) is 15.9 Å². The molecule has 0 N–H and O–H groups in total. The molecule has 0 radical (unpaired) electrons. The number of halogens is 2. The fourth-order valence-electron chi connectivity index (χ4n) is 0.567. The number of benzene rings is 1. The van der Waals surface area contributed by atoms with E-state index < -0.39 is 0 Å². The van der Waals surface area contributed by atoms with Crippen molar-refractivity contribution >= 4 is 15.9 Å². The van der Waals surface area contributed by atoms with Gasteiger partial charge in [0, 0.05) is 4.47 Å². The van der Waals surface area contributed by atoms with Gasteiger partial charge in [-0.3, -0.25) is 0 Å². The van der Waals surface area contributed by atoms with Gasteiger partial charge in [0.15, 0.2) is 0 Å². The molecule has 0 amide bonds. The standard InChI is InChI=1S/C7H6BrF.C2H6/c1-5-2-3-6(9)4-7(5)8;1-2/h2-4H,1H3;1-2H3. The van der Waals surface area contributed by atoms with Gasteiger partial charge in [0.05, 0.1) is 0 Å². The van der Waals surface area contributed by atoms with Crippen LogP contribution in [0.3, 0.4) is 0 Å². The third-order valence-corrected chi connectivity index (χ3v) is 1.99. The third kappa shape index (κ3) is 3.51. The van der Waals surface area contributed by atoms with Crippen LogP contribution < -0.4 is 0 Å². The van der Waals surface area contributed by atoms with E-state index >= 15 is 0 Å². The van der Waals surface area contributed by atoms with Crippen molar-refractivity contribution in [3.63, 3.8) is 0 Å². The molecule has 0 nitrogen and oxygen atoms in total. The van der Waals surface area contributed by atoms with Crippen LogP contribution in [0.5, 0.6) is 0 Å². The van der Waals surface area contributed by atoms with E-state index in [0.717, 1.165) is 10.0 Å². The van der Waals surface area contributed by atoms with Gasteiger partial charge in [0.1, 0.15) is 5.82 Å². The Morgan fingerprint density at radius 1 is 1.27 bits per heavy atom. The predicted molar refractivity (Wildman–Crippen MR) is 50.2 cm³/mol. The monoisotopic (exact) mass is 218 g/mol. The van der Waals surface area contributed by atoms with Gasteiger partial charge in [-0.15, -0.1) is 0 Å². The lowest BCUT2D eigenvalue weighted by atomic mass is 10.2. The summed E-state index contributed by atoms with van der Waals surface area (Å²) in [6.07, 6.45) is 0. The average Bonchev–Trinajstić information content (AvgIpc) is 2.02. The Bertz CT molecular complexity index is 221. The van der Waals surface area contributed by atoms with Crippen molar-refractivity contribution in [2.24, 2.45) is 0 Å². The van der Waals surface area contributed by atoms with Crippen molar-refractivity contribution < 1.29 is 4.39 Å². The number of rotatable bonds is 0. The van der Waals surface area contributed by atoms with Crippen LogP contribution in [0.1, 0.15) is 19.4 Å². The van der Waals surface area contributed by atoms with Crippen LogP contribution in [0.2, 0.25) is 0 Å². The van der Waals surface area contributed by atoms with Crippen LogP contribution in [0, 0.1) is 12.7 Å². The molecule has 2 heteroatoms. The molecule has 0 aliphatic carbocycles. The highest BCUT2D eigenvalue weighted by atomic mass is 79.9. The molecule has 1 aromatic rings. The zero-order valence-electron chi connectivity index (χ0n) is 6.99. The van der Waals surface area contributed by atoms with Gasteiger partial charge in [0.2, 0.25) is 0 Å². The molecular formula is C9H12BrF. The lowest BCUT2D eigenvalue weighted by Gasteiger charge is -1.94. The van der Waals surface area contributed by atoms with E-state index in [4.69, 9.17) is 0 Å². The summed E-state index contributed by atoms with van der Waals surface area (Å²) in [5.74, 6) is -0.201. The van der Waals surface area contributed by atoms with E-state index in [1.807, 2.05) is 20.8 Å². The van der Waals surface area contributed by atoms with Crippen molar-refractivity contribution in [1.82, 2.24) is 0 Å². The first kappa shape index (κ1) is 10.6. The summed E-state index contributed by atoms with van der Waals surface area (Å²) in [6.45, 7) is 5.92. The highest BCUT2D eigenvalue weighted by Crippen LogP contribution is 2.15. The van der Waals surface area contributed by atoms with Gasteiger partial charge in [-0.05, 0) is 24.6 Å². The van der Waals surface area contributed by atoms with Gasteiger partial charge in [-0.1, -0.05) is 35.8 Å². The first-order valence-electron chi connectivity index (χ1n) is 3.62. The van der Waals surface area contributed by atoms with Crippen LogP contribution >= 0.6 is 15.9 Å². The molecule has 0 saturated heterocycles. The second kappa shape index (κ2) is 5.30. The van der Waals surface area contributed by atoms with Crippen molar-refractivity contribution in [2.75, 3.05) is 0 Å². The molecule has 0 saturated carbocycles. The minimum absolute atomic E-state index is 0.201. The SMILES string of the molecule is CC.Cc1ccc(F)cc1Br. The maximum absolute atomic E-state index is 12.3. The van der Waals surface area contributed by atoms with Crippen molar-refractivity contribution in [2.45, 2.75) is 20.8 Å². The van der Waals surface area contributed by atoms with Crippen LogP contribution in [0.25, 0.3) is 0 Å². The second-order valence-electron chi connectivity index (χ2n) is 1.89. The van der Waals surface area contributed by atoms with E-state index in [1.54, 1.807) is 6.07 Å². The van der Waals surface area contributed by atoms with Gasteiger partial charge < -0.3 is 0 Å². The molecule has 0 heterocycles. The van der Waals surface area contributed by atoms with Crippen LogP contribution in [-0.2, 0) is 0 Å². The van der Waals surface area contributed by atoms with Crippen molar-refractivity contribution in [3.05, 3.63) is 34.1 Å². The quantitative estimate of drug-likeness (QED) is 0.620. The molecule has 0 aliphatic rings. The lowest BCUT2D eigenvalue weighted by molar-refractivity contribution is 0.626. The topological polar surface area (TPSA) is 0 Å². The van der Waals surface area contributed by atoms with Gasteiger partial charge in [-0.2, -0.15) is 0 Å². The first-order chi connectivity index (χ1) is 5.20. The summed E-state index contributed by atoms with van der Waals surface area (Å²) < 4.78 is 13.1. The molecule has 1 aromatic carbocycles. The molecule has 11 heavy (non-hydrogen) atoms. The Balaban J connectivity index is 0.000000461. The zero-order chi connectivity index (χ0) is 8.85. The van der Waals surface area contributed by atoms with Crippen molar-refractivity contribution in [3.8, 4) is 0 Å². The molecule has 0 spiro atoms. The van der Waals surface area contributed by atoms with Crippen LogP contribution in [0.4, 0.5) is 4.39 Å². The summed E-state index contributed by atoms with van der Waals surface area (Å²) >= 11 is 3.21. The highest BCUT2D eigenvalue weighted by molar-refractivity contribution is 9.10. The summed E-state index contributed by atoms with van der Waals surface area (Å²) in [5.41, 5.74) is 1.05.